The van der Waals surface area contributed by atoms with Crippen LogP contribution in [0.2, 0.25) is 0 Å². The quantitative estimate of drug-likeness (QED) is 0.683. The fourth-order valence-electron chi connectivity index (χ4n) is 1.52. The Labute approximate surface area is 87.4 Å². The van der Waals surface area contributed by atoms with E-state index in [1.54, 1.807) is 6.92 Å². The van der Waals surface area contributed by atoms with Crippen molar-refractivity contribution in [1.29, 1.82) is 0 Å². The maximum atomic E-state index is 11.3. The van der Waals surface area contributed by atoms with Crippen LogP contribution < -0.4 is 0 Å². The molecule has 0 radical (unpaired) electrons. The number of carbonyl (C=O) groups is 3. The van der Waals surface area contributed by atoms with E-state index < -0.39 is 23.8 Å². The summed E-state index contributed by atoms with van der Waals surface area (Å²) in [5.74, 6) is -2.49. The van der Waals surface area contributed by atoms with E-state index >= 15 is 0 Å². The van der Waals surface area contributed by atoms with Gasteiger partial charge in [0.05, 0.1) is 0 Å². The van der Waals surface area contributed by atoms with Crippen molar-refractivity contribution < 1.29 is 19.5 Å². The van der Waals surface area contributed by atoms with Crippen molar-refractivity contribution in [3.63, 3.8) is 0 Å². The average Bonchev–Trinajstić information content (AvgIpc) is 2.49. The number of carboxylic acids is 1. The van der Waals surface area contributed by atoms with Gasteiger partial charge in [-0.1, -0.05) is 20.3 Å². The van der Waals surface area contributed by atoms with Crippen molar-refractivity contribution >= 4 is 17.8 Å². The van der Waals surface area contributed by atoms with Gasteiger partial charge in [0.2, 0.25) is 0 Å². The van der Waals surface area contributed by atoms with Gasteiger partial charge in [-0.3, -0.25) is 14.5 Å². The average molecular weight is 211 g/mol. The van der Waals surface area contributed by atoms with Gasteiger partial charge in [-0.2, -0.15) is 0 Å². The fourth-order valence-corrected chi connectivity index (χ4v) is 1.52. The molecule has 0 aromatic carbocycles. The molecule has 2 amide bonds. The Morgan fingerprint density at radius 1 is 1.40 bits per heavy atom. The maximum Gasteiger partial charge on any atom is 0.327 e. The largest absolute Gasteiger partial charge is 0.480 e. The first-order chi connectivity index (χ1) is 6.99. The van der Waals surface area contributed by atoms with Gasteiger partial charge in [0.1, 0.15) is 6.04 Å². The molecule has 2 unspecified atom stereocenters. The molecular weight excluding hydrogens is 198 g/mol. The van der Waals surface area contributed by atoms with Crippen molar-refractivity contribution in [2.75, 3.05) is 0 Å². The summed E-state index contributed by atoms with van der Waals surface area (Å²) in [7, 11) is 0. The standard InChI is InChI=1S/C10H13NO4/c1-3-6(2)9(10(14)15)11-7(12)4-5-8(11)13/h4-6,9H,3H2,1-2H3,(H,14,15). The number of aliphatic carboxylic acids is 1. The Kier molecular flexibility index (Phi) is 3.24. The first-order valence-electron chi connectivity index (χ1n) is 4.77. The molecule has 0 aromatic rings. The van der Waals surface area contributed by atoms with E-state index in [2.05, 4.69) is 0 Å². The molecule has 1 rings (SSSR count). The van der Waals surface area contributed by atoms with Crippen molar-refractivity contribution in [3.8, 4) is 0 Å². The minimum absolute atomic E-state index is 0.254. The van der Waals surface area contributed by atoms with E-state index in [1.165, 1.54) is 0 Å². The van der Waals surface area contributed by atoms with Crippen LogP contribution in [0.25, 0.3) is 0 Å². The molecule has 0 fully saturated rings. The van der Waals surface area contributed by atoms with E-state index in [0.717, 1.165) is 17.1 Å². The number of imide groups is 1. The number of nitrogens with zero attached hydrogens (tertiary/aromatic N) is 1. The molecule has 1 aliphatic heterocycles. The summed E-state index contributed by atoms with van der Waals surface area (Å²) in [6, 6.07) is -1.06. The third-order valence-electron chi connectivity index (χ3n) is 2.56. The summed E-state index contributed by atoms with van der Waals surface area (Å²) in [5, 5.41) is 9.00. The highest BCUT2D eigenvalue weighted by atomic mass is 16.4. The maximum absolute atomic E-state index is 11.3. The van der Waals surface area contributed by atoms with Gasteiger partial charge in [0.15, 0.2) is 0 Å². The third kappa shape index (κ3) is 2.06. The van der Waals surface area contributed by atoms with Crippen molar-refractivity contribution in [2.45, 2.75) is 26.3 Å². The van der Waals surface area contributed by atoms with Crippen LogP contribution in [0.3, 0.4) is 0 Å². The molecule has 0 saturated heterocycles. The van der Waals surface area contributed by atoms with Crippen LogP contribution in [-0.4, -0.2) is 33.8 Å². The predicted molar refractivity (Wildman–Crippen MR) is 51.9 cm³/mol. The van der Waals surface area contributed by atoms with Crippen molar-refractivity contribution in [2.24, 2.45) is 5.92 Å². The van der Waals surface area contributed by atoms with Crippen molar-refractivity contribution in [3.05, 3.63) is 12.2 Å². The summed E-state index contributed by atoms with van der Waals surface area (Å²) in [5.41, 5.74) is 0. The normalized spacial score (nSPS) is 19.5. The molecular formula is C10H13NO4. The Balaban J connectivity index is 2.95. The SMILES string of the molecule is CCC(C)C(C(=O)O)N1C(=O)C=CC1=O. The van der Waals surface area contributed by atoms with E-state index in [0.29, 0.717) is 6.42 Å². The fraction of sp³-hybridized carbons (Fsp3) is 0.500. The van der Waals surface area contributed by atoms with Gasteiger partial charge >= 0.3 is 5.97 Å². The number of hydrogen-bond donors (Lipinski definition) is 1. The molecule has 1 N–H and O–H groups in total. The first-order valence-corrected chi connectivity index (χ1v) is 4.77. The van der Waals surface area contributed by atoms with E-state index in [4.69, 9.17) is 5.11 Å². The molecule has 15 heavy (non-hydrogen) atoms. The highest BCUT2D eigenvalue weighted by molar-refractivity contribution is 6.14. The second-order valence-electron chi connectivity index (χ2n) is 3.55. The monoisotopic (exact) mass is 211 g/mol. The van der Waals surface area contributed by atoms with Crippen LogP contribution in [0.5, 0.6) is 0 Å². The van der Waals surface area contributed by atoms with Crippen LogP contribution in [0, 0.1) is 5.92 Å². The molecule has 0 saturated carbocycles. The lowest BCUT2D eigenvalue weighted by molar-refractivity contribution is -0.155. The lowest BCUT2D eigenvalue weighted by Crippen LogP contribution is -2.48. The molecule has 2 atom stereocenters. The summed E-state index contributed by atoms with van der Waals surface area (Å²) in [4.78, 5) is 34.4. The van der Waals surface area contributed by atoms with Gasteiger partial charge in [-0.25, -0.2) is 4.79 Å². The second-order valence-corrected chi connectivity index (χ2v) is 3.55. The predicted octanol–water partition coefficient (Wildman–Crippen LogP) is 0.411. The number of rotatable bonds is 4. The van der Waals surface area contributed by atoms with Gasteiger partial charge in [0.25, 0.3) is 11.8 Å². The van der Waals surface area contributed by atoms with Crippen LogP contribution in [0.4, 0.5) is 0 Å². The van der Waals surface area contributed by atoms with E-state index in [9.17, 15) is 14.4 Å². The summed E-state index contributed by atoms with van der Waals surface area (Å²) in [6.45, 7) is 3.52. The minimum atomic E-state index is -1.14. The number of carbonyl (C=O) groups excluding carboxylic acids is 2. The van der Waals surface area contributed by atoms with Crippen LogP contribution in [0.15, 0.2) is 12.2 Å². The number of hydrogen-bond acceptors (Lipinski definition) is 3. The molecule has 0 aliphatic carbocycles. The summed E-state index contributed by atoms with van der Waals surface area (Å²) < 4.78 is 0. The molecule has 0 bridgehead atoms. The molecule has 1 heterocycles. The van der Waals surface area contributed by atoms with E-state index in [-0.39, 0.29) is 5.92 Å². The Morgan fingerprint density at radius 2 is 1.87 bits per heavy atom. The molecule has 5 nitrogen and oxygen atoms in total. The highest BCUT2D eigenvalue weighted by Gasteiger charge is 2.38. The Bertz CT molecular complexity index is 316. The molecule has 1 aliphatic rings. The smallest absolute Gasteiger partial charge is 0.327 e. The van der Waals surface area contributed by atoms with Gasteiger partial charge < -0.3 is 5.11 Å². The molecule has 0 aromatic heterocycles. The zero-order valence-electron chi connectivity index (χ0n) is 8.64. The zero-order valence-corrected chi connectivity index (χ0v) is 8.64. The van der Waals surface area contributed by atoms with Gasteiger partial charge in [-0.05, 0) is 5.92 Å². The third-order valence-corrected chi connectivity index (χ3v) is 2.56. The summed E-state index contributed by atoms with van der Waals surface area (Å²) >= 11 is 0. The second kappa shape index (κ2) is 4.25. The topological polar surface area (TPSA) is 74.7 Å². The van der Waals surface area contributed by atoms with Crippen LogP contribution in [-0.2, 0) is 14.4 Å². The zero-order chi connectivity index (χ0) is 11.6. The van der Waals surface area contributed by atoms with Gasteiger partial charge in [0, 0.05) is 12.2 Å². The number of carboxylic acid groups (broad SMARTS) is 1. The van der Waals surface area contributed by atoms with Crippen LogP contribution >= 0.6 is 0 Å². The Hall–Kier alpha value is -1.65. The molecule has 5 heteroatoms. The molecule has 82 valence electrons. The van der Waals surface area contributed by atoms with Crippen molar-refractivity contribution in [1.82, 2.24) is 4.90 Å². The lowest BCUT2D eigenvalue weighted by atomic mass is 9.98. The number of amides is 2. The molecule has 0 spiro atoms. The summed E-state index contributed by atoms with van der Waals surface area (Å²) in [6.07, 6.45) is 2.79. The van der Waals surface area contributed by atoms with Gasteiger partial charge in [-0.15, -0.1) is 0 Å². The van der Waals surface area contributed by atoms with E-state index in [1.807, 2.05) is 6.92 Å². The van der Waals surface area contributed by atoms with Crippen LogP contribution in [0.1, 0.15) is 20.3 Å². The highest BCUT2D eigenvalue weighted by Crippen LogP contribution is 2.19. The lowest BCUT2D eigenvalue weighted by Gasteiger charge is -2.26. The Morgan fingerprint density at radius 3 is 2.20 bits per heavy atom. The first kappa shape index (κ1) is 11.4. The minimum Gasteiger partial charge on any atom is -0.480 e.